The Morgan fingerprint density at radius 3 is 2.24 bits per heavy atom. The third-order valence-electron chi connectivity index (χ3n) is 4.23. The van der Waals surface area contributed by atoms with Crippen molar-refractivity contribution in [3.05, 3.63) is 70.2 Å². The molecule has 3 aromatic rings. The molecule has 7 heteroatoms. The third-order valence-corrected chi connectivity index (χ3v) is 5.05. The summed E-state index contributed by atoms with van der Waals surface area (Å²) in [6.45, 7) is 3.40. The lowest BCUT2D eigenvalue weighted by Crippen LogP contribution is -2.45. The second kappa shape index (κ2) is 9.43. The highest BCUT2D eigenvalue weighted by atomic mass is 79.9. The number of benzene rings is 3. The van der Waals surface area contributed by atoms with E-state index in [9.17, 15) is 9.59 Å². The molecule has 6 nitrogen and oxygen atoms in total. The van der Waals surface area contributed by atoms with Gasteiger partial charge in [0.1, 0.15) is 11.5 Å². The maximum absolute atomic E-state index is 12.0. The molecule has 0 fully saturated rings. The zero-order valence-corrected chi connectivity index (χ0v) is 17.7. The van der Waals surface area contributed by atoms with E-state index in [2.05, 4.69) is 26.8 Å². The average molecular weight is 457 g/mol. The first-order chi connectivity index (χ1) is 13.9. The highest BCUT2D eigenvalue weighted by molar-refractivity contribution is 9.10. The standard InChI is InChI=1S/C22H21BrN2O4/c1-14-7-8-15(2)19(11-14)29-13-21(27)25-24-20(26)12-28-18-10-9-16-5-3-4-6-17(16)22(18)23/h3-11H,12-13H2,1-2H3,(H,24,26)(H,25,27). The second-order valence-electron chi connectivity index (χ2n) is 6.54. The number of fused-ring (bicyclic) bond motifs is 1. The van der Waals surface area contributed by atoms with E-state index in [0.717, 1.165) is 26.4 Å². The molecule has 0 unspecified atom stereocenters. The van der Waals surface area contributed by atoms with Crippen LogP contribution in [-0.4, -0.2) is 25.0 Å². The quantitative estimate of drug-likeness (QED) is 0.552. The second-order valence-corrected chi connectivity index (χ2v) is 7.33. The normalized spacial score (nSPS) is 10.4. The summed E-state index contributed by atoms with van der Waals surface area (Å²) < 4.78 is 11.8. The third kappa shape index (κ3) is 5.48. The summed E-state index contributed by atoms with van der Waals surface area (Å²) in [5.74, 6) is 0.232. The van der Waals surface area contributed by atoms with Gasteiger partial charge >= 0.3 is 0 Å². The Balaban J connectivity index is 1.46. The van der Waals surface area contributed by atoms with E-state index >= 15 is 0 Å². The summed E-state index contributed by atoms with van der Waals surface area (Å²) in [4.78, 5) is 23.9. The lowest BCUT2D eigenvalue weighted by molar-refractivity contribution is -0.131. The van der Waals surface area contributed by atoms with Crippen molar-refractivity contribution in [3.8, 4) is 11.5 Å². The van der Waals surface area contributed by atoms with Crippen molar-refractivity contribution in [1.29, 1.82) is 0 Å². The van der Waals surface area contributed by atoms with Crippen LogP contribution in [-0.2, 0) is 9.59 Å². The fourth-order valence-corrected chi connectivity index (χ4v) is 3.29. The molecule has 0 aromatic heterocycles. The number of ether oxygens (including phenoxy) is 2. The number of hydrogen-bond acceptors (Lipinski definition) is 4. The Hall–Kier alpha value is -3.06. The minimum Gasteiger partial charge on any atom is -0.483 e. The van der Waals surface area contributed by atoms with Gasteiger partial charge < -0.3 is 9.47 Å². The van der Waals surface area contributed by atoms with Gasteiger partial charge in [0.15, 0.2) is 13.2 Å². The number of hydrazine groups is 1. The fourth-order valence-electron chi connectivity index (χ4n) is 2.69. The van der Waals surface area contributed by atoms with Gasteiger partial charge in [-0.3, -0.25) is 20.4 Å². The first-order valence-electron chi connectivity index (χ1n) is 9.02. The van der Waals surface area contributed by atoms with E-state index in [1.807, 2.05) is 62.4 Å². The van der Waals surface area contributed by atoms with Crippen molar-refractivity contribution in [2.24, 2.45) is 0 Å². The van der Waals surface area contributed by atoms with Crippen LogP contribution in [0.4, 0.5) is 0 Å². The SMILES string of the molecule is Cc1ccc(C)c(OCC(=O)NNC(=O)COc2ccc3ccccc3c2Br)c1. The predicted molar refractivity (Wildman–Crippen MR) is 115 cm³/mol. The van der Waals surface area contributed by atoms with Crippen LogP contribution in [0.1, 0.15) is 11.1 Å². The molecule has 0 saturated carbocycles. The molecule has 2 amide bonds. The molecule has 0 heterocycles. The van der Waals surface area contributed by atoms with Gasteiger partial charge in [0, 0.05) is 0 Å². The van der Waals surface area contributed by atoms with Crippen LogP contribution >= 0.6 is 15.9 Å². The summed E-state index contributed by atoms with van der Waals surface area (Å²) in [5, 5.41) is 2.05. The Morgan fingerprint density at radius 2 is 1.52 bits per heavy atom. The zero-order valence-electron chi connectivity index (χ0n) is 16.1. The van der Waals surface area contributed by atoms with E-state index in [4.69, 9.17) is 9.47 Å². The molecule has 0 aliphatic heterocycles. The number of hydrogen-bond donors (Lipinski definition) is 2. The van der Waals surface area contributed by atoms with Gasteiger partial charge in [-0.15, -0.1) is 0 Å². The Kier molecular flexibility index (Phi) is 6.72. The molecule has 29 heavy (non-hydrogen) atoms. The van der Waals surface area contributed by atoms with Gasteiger partial charge in [-0.2, -0.15) is 0 Å². The summed E-state index contributed by atoms with van der Waals surface area (Å²) in [6, 6.07) is 17.3. The lowest BCUT2D eigenvalue weighted by atomic mass is 10.1. The van der Waals surface area contributed by atoms with Crippen molar-refractivity contribution in [1.82, 2.24) is 10.9 Å². The van der Waals surface area contributed by atoms with Crippen LogP contribution in [0.2, 0.25) is 0 Å². The molecule has 0 radical (unpaired) electrons. The van der Waals surface area contributed by atoms with E-state index in [1.54, 1.807) is 6.07 Å². The van der Waals surface area contributed by atoms with Crippen LogP contribution in [0.3, 0.4) is 0 Å². The van der Waals surface area contributed by atoms with Gasteiger partial charge in [-0.05, 0) is 63.8 Å². The summed E-state index contributed by atoms with van der Waals surface area (Å²) >= 11 is 3.50. The molecule has 0 spiro atoms. The molecule has 150 valence electrons. The van der Waals surface area contributed by atoms with E-state index in [-0.39, 0.29) is 13.2 Å². The first-order valence-corrected chi connectivity index (χ1v) is 9.81. The van der Waals surface area contributed by atoms with Gasteiger partial charge in [0.25, 0.3) is 11.8 Å². The number of aryl methyl sites for hydroxylation is 2. The number of carbonyl (C=O) groups excluding carboxylic acids is 2. The number of amides is 2. The summed E-state index contributed by atoms with van der Waals surface area (Å²) in [7, 11) is 0. The Bertz CT molecular complexity index is 1050. The molecular weight excluding hydrogens is 436 g/mol. The minimum atomic E-state index is -0.481. The van der Waals surface area contributed by atoms with Crippen molar-refractivity contribution < 1.29 is 19.1 Å². The largest absolute Gasteiger partial charge is 0.483 e. The predicted octanol–water partition coefficient (Wildman–Crippen LogP) is 3.82. The minimum absolute atomic E-state index is 0.207. The molecule has 3 aromatic carbocycles. The van der Waals surface area contributed by atoms with E-state index < -0.39 is 11.8 Å². The van der Waals surface area contributed by atoms with Crippen molar-refractivity contribution in [2.75, 3.05) is 13.2 Å². The molecular formula is C22H21BrN2O4. The van der Waals surface area contributed by atoms with Gasteiger partial charge in [0.2, 0.25) is 0 Å². The molecule has 0 saturated heterocycles. The lowest BCUT2D eigenvalue weighted by Gasteiger charge is -2.12. The summed E-state index contributed by atoms with van der Waals surface area (Å²) in [6.07, 6.45) is 0. The number of carbonyl (C=O) groups is 2. The Morgan fingerprint density at radius 1 is 0.862 bits per heavy atom. The van der Waals surface area contributed by atoms with Gasteiger partial charge in [-0.1, -0.05) is 42.5 Å². The first kappa shape index (κ1) is 20.7. The monoisotopic (exact) mass is 456 g/mol. The van der Waals surface area contributed by atoms with Gasteiger partial charge in [-0.25, -0.2) is 0 Å². The highest BCUT2D eigenvalue weighted by Crippen LogP contribution is 2.32. The molecule has 0 aliphatic carbocycles. The van der Waals surface area contributed by atoms with Crippen molar-refractivity contribution in [3.63, 3.8) is 0 Å². The van der Waals surface area contributed by atoms with Crippen molar-refractivity contribution >= 4 is 38.5 Å². The number of halogens is 1. The topological polar surface area (TPSA) is 76.7 Å². The molecule has 3 rings (SSSR count). The molecule has 2 N–H and O–H groups in total. The van der Waals surface area contributed by atoms with Crippen LogP contribution in [0.15, 0.2) is 59.1 Å². The van der Waals surface area contributed by atoms with Crippen LogP contribution in [0, 0.1) is 13.8 Å². The molecule has 0 aliphatic rings. The zero-order chi connectivity index (χ0) is 20.8. The van der Waals surface area contributed by atoms with Crippen molar-refractivity contribution in [2.45, 2.75) is 13.8 Å². The number of nitrogens with one attached hydrogen (secondary N) is 2. The fraction of sp³-hybridized carbons (Fsp3) is 0.182. The van der Waals surface area contributed by atoms with E-state index in [0.29, 0.717) is 11.5 Å². The van der Waals surface area contributed by atoms with Crippen LogP contribution in [0.25, 0.3) is 10.8 Å². The van der Waals surface area contributed by atoms with E-state index in [1.165, 1.54) is 0 Å². The average Bonchev–Trinajstić information content (AvgIpc) is 2.72. The highest BCUT2D eigenvalue weighted by Gasteiger charge is 2.10. The summed E-state index contributed by atoms with van der Waals surface area (Å²) in [5.41, 5.74) is 6.60. The Labute approximate surface area is 177 Å². The maximum Gasteiger partial charge on any atom is 0.276 e. The van der Waals surface area contributed by atoms with Crippen LogP contribution in [0.5, 0.6) is 11.5 Å². The molecule has 0 atom stereocenters. The molecule has 0 bridgehead atoms. The maximum atomic E-state index is 12.0. The smallest absolute Gasteiger partial charge is 0.276 e. The number of rotatable bonds is 6. The van der Waals surface area contributed by atoms with Gasteiger partial charge in [0.05, 0.1) is 4.47 Å². The van der Waals surface area contributed by atoms with Crippen LogP contribution < -0.4 is 20.3 Å².